The van der Waals surface area contributed by atoms with Crippen molar-refractivity contribution in [2.24, 2.45) is 9.98 Å². The van der Waals surface area contributed by atoms with Crippen LogP contribution in [0.3, 0.4) is 0 Å². The van der Waals surface area contributed by atoms with E-state index in [4.69, 9.17) is 9.98 Å². The van der Waals surface area contributed by atoms with Crippen LogP contribution in [0.15, 0.2) is 70.6 Å². The third-order valence-corrected chi connectivity index (χ3v) is 4.00. The molecule has 0 amide bonds. The van der Waals surface area contributed by atoms with Gasteiger partial charge in [-0.05, 0) is 24.3 Å². The van der Waals surface area contributed by atoms with E-state index in [0.29, 0.717) is 0 Å². The van der Waals surface area contributed by atoms with Crippen LogP contribution in [-0.4, -0.2) is 0 Å². The summed E-state index contributed by atoms with van der Waals surface area (Å²) in [7, 11) is 0. The Morgan fingerprint density at radius 1 is 0.619 bits per heavy atom. The van der Waals surface area contributed by atoms with Gasteiger partial charge in [-0.3, -0.25) is 0 Å². The Kier molecular flexibility index (Phi) is 2.35. The van der Waals surface area contributed by atoms with Crippen molar-refractivity contribution < 1.29 is 0 Å². The zero-order valence-electron chi connectivity index (χ0n) is 11.4. The summed E-state index contributed by atoms with van der Waals surface area (Å²) in [5, 5.41) is 4.52. The summed E-state index contributed by atoms with van der Waals surface area (Å²) in [5.74, 6) is 0. The third-order valence-electron chi connectivity index (χ3n) is 4.00. The summed E-state index contributed by atoms with van der Waals surface area (Å²) in [6, 6.07) is 20.8. The van der Waals surface area contributed by atoms with E-state index < -0.39 is 0 Å². The smallest absolute Gasteiger partial charge is 0.0817 e. The number of hydrogen-bond donors (Lipinski definition) is 1. The Bertz CT molecular complexity index is 1100. The molecule has 2 heterocycles. The van der Waals surface area contributed by atoms with Crippen molar-refractivity contribution in [3.8, 4) is 11.1 Å². The summed E-state index contributed by atoms with van der Waals surface area (Å²) in [6.45, 7) is 0. The topological polar surface area (TPSA) is 59.7 Å². The van der Waals surface area contributed by atoms with Gasteiger partial charge in [-0.15, -0.1) is 0 Å². The maximum absolute atomic E-state index is 4.83. The fourth-order valence-electron chi connectivity index (χ4n) is 3.10. The molecule has 0 aromatic heterocycles. The normalized spacial score (nSPS) is 12.2. The van der Waals surface area contributed by atoms with Crippen LogP contribution in [0.5, 0.6) is 0 Å². The van der Waals surface area contributed by atoms with E-state index in [1.807, 2.05) is 12.1 Å². The number of rotatable bonds is 0. The second-order valence-electron chi connectivity index (χ2n) is 5.11. The molecule has 3 aromatic carbocycles. The fourth-order valence-corrected chi connectivity index (χ4v) is 3.10. The number of hydrogen-bond acceptors (Lipinski definition) is 3. The van der Waals surface area contributed by atoms with Crippen molar-refractivity contribution >= 4 is 11.4 Å². The highest BCUT2D eigenvalue weighted by Crippen LogP contribution is 2.38. The van der Waals surface area contributed by atoms with Crippen LogP contribution < -0.4 is 16.9 Å². The van der Waals surface area contributed by atoms with E-state index in [-0.39, 0.29) is 6.15 Å². The van der Waals surface area contributed by atoms with Crippen LogP contribution in [-0.2, 0) is 0 Å². The molecule has 3 nitrogen and oxygen atoms in total. The van der Waals surface area contributed by atoms with Gasteiger partial charge in [0.05, 0.1) is 22.1 Å². The van der Waals surface area contributed by atoms with Crippen LogP contribution in [0.4, 0.5) is 11.4 Å². The fraction of sp³-hybridized carbons (Fsp3) is 0. The van der Waals surface area contributed by atoms with Crippen LogP contribution in [0.2, 0.25) is 0 Å². The molecule has 3 N–H and O–H groups in total. The molecule has 2 aliphatic rings. The van der Waals surface area contributed by atoms with E-state index >= 15 is 0 Å². The van der Waals surface area contributed by atoms with Crippen LogP contribution in [0.25, 0.3) is 11.1 Å². The van der Waals surface area contributed by atoms with Crippen molar-refractivity contribution in [1.29, 1.82) is 0 Å². The molecule has 0 saturated heterocycles. The lowest BCUT2D eigenvalue weighted by Gasteiger charge is -2.01. The minimum Gasteiger partial charge on any atom is -0.344 e. The second kappa shape index (κ2) is 4.11. The van der Waals surface area contributed by atoms with Crippen LogP contribution in [0.1, 0.15) is 0 Å². The molecule has 0 bridgehead atoms. The number of fused-ring (bicyclic) bond motifs is 6. The highest BCUT2D eigenvalue weighted by molar-refractivity contribution is 5.86. The highest BCUT2D eigenvalue weighted by Gasteiger charge is 2.19. The zero-order chi connectivity index (χ0) is 13.1. The van der Waals surface area contributed by atoms with Gasteiger partial charge >= 0.3 is 0 Å². The van der Waals surface area contributed by atoms with E-state index in [0.717, 1.165) is 22.1 Å². The van der Waals surface area contributed by atoms with Crippen molar-refractivity contribution in [2.75, 3.05) is 0 Å². The van der Waals surface area contributed by atoms with E-state index in [9.17, 15) is 0 Å². The predicted molar refractivity (Wildman–Crippen MR) is 82.6 cm³/mol. The predicted octanol–water partition coefficient (Wildman–Crippen LogP) is 3.33. The summed E-state index contributed by atoms with van der Waals surface area (Å²) in [4.78, 5) is 9.52. The van der Waals surface area contributed by atoms with Crippen molar-refractivity contribution in [3.05, 3.63) is 81.8 Å². The van der Waals surface area contributed by atoms with Crippen molar-refractivity contribution in [1.82, 2.24) is 6.15 Å². The van der Waals surface area contributed by atoms with Gasteiger partial charge < -0.3 is 6.15 Å². The maximum atomic E-state index is 4.83. The Hall–Kier alpha value is -2.78. The lowest BCUT2D eigenvalue weighted by Crippen LogP contribution is -2.00. The maximum Gasteiger partial charge on any atom is 0.0817 e. The molecule has 0 spiro atoms. The molecule has 0 atom stereocenters. The molecule has 0 unspecified atom stereocenters. The monoisotopic (exact) mass is 271 g/mol. The lowest BCUT2D eigenvalue weighted by molar-refractivity contribution is 1.36. The van der Waals surface area contributed by atoms with E-state index in [1.165, 1.54) is 21.6 Å². The Morgan fingerprint density at radius 2 is 1.43 bits per heavy atom. The van der Waals surface area contributed by atoms with Gasteiger partial charge in [0.1, 0.15) is 0 Å². The second-order valence-corrected chi connectivity index (χ2v) is 5.11. The van der Waals surface area contributed by atoms with Gasteiger partial charge in [-0.1, -0.05) is 36.4 Å². The molecular weight excluding hydrogens is 258 g/mol. The first kappa shape index (κ1) is 12.0. The number of nitrogens with zero attached hydrogens (tertiary/aromatic N) is 2. The van der Waals surface area contributed by atoms with Crippen molar-refractivity contribution in [2.45, 2.75) is 0 Å². The number of benzene rings is 3. The summed E-state index contributed by atoms with van der Waals surface area (Å²) < 4.78 is 0. The molecule has 0 radical (unpaired) electrons. The molecule has 21 heavy (non-hydrogen) atoms. The lowest BCUT2D eigenvalue weighted by atomic mass is 10.0. The molecule has 5 rings (SSSR count). The molecule has 3 heteroatoms. The molecule has 0 fully saturated rings. The minimum absolute atomic E-state index is 0. The third kappa shape index (κ3) is 1.46. The van der Waals surface area contributed by atoms with Gasteiger partial charge in [0.25, 0.3) is 0 Å². The van der Waals surface area contributed by atoms with E-state index in [1.54, 1.807) is 0 Å². The zero-order valence-corrected chi connectivity index (χ0v) is 11.4. The van der Waals surface area contributed by atoms with Gasteiger partial charge in [-0.25, -0.2) is 9.98 Å². The SMILES string of the molecule is N.c1ccc2c(c1)N=c1ccc3c(c1-2)N=c1ccccc1=3. The largest absolute Gasteiger partial charge is 0.344 e. The van der Waals surface area contributed by atoms with Crippen LogP contribution >= 0.6 is 0 Å². The standard InChI is InChI=1S/C18H10N2.H3N/c1-3-7-14-11(5-1)12-9-10-16-17(18(12)20-14)13-6-2-4-8-15(13)19-16;/h1-10H;1H3. The van der Waals surface area contributed by atoms with Crippen LogP contribution in [0, 0.1) is 10.4 Å². The minimum atomic E-state index is 0. The summed E-state index contributed by atoms with van der Waals surface area (Å²) in [5.41, 5.74) is 4.48. The Morgan fingerprint density at radius 3 is 2.38 bits per heavy atom. The molecule has 0 aliphatic carbocycles. The van der Waals surface area contributed by atoms with Gasteiger partial charge in [0.15, 0.2) is 0 Å². The first-order chi connectivity index (χ1) is 9.92. The van der Waals surface area contributed by atoms with E-state index in [2.05, 4.69) is 48.5 Å². The molecular formula is C18H13N3. The van der Waals surface area contributed by atoms with Crippen molar-refractivity contribution in [3.63, 3.8) is 0 Å². The molecule has 0 saturated carbocycles. The molecule has 3 aromatic rings. The Balaban J connectivity index is 0.00000115. The van der Waals surface area contributed by atoms with Gasteiger partial charge in [0, 0.05) is 21.6 Å². The first-order valence-corrected chi connectivity index (χ1v) is 6.71. The number of para-hydroxylation sites is 2. The first-order valence-electron chi connectivity index (χ1n) is 6.71. The Labute approximate surface area is 121 Å². The average Bonchev–Trinajstić information content (AvgIpc) is 3.04. The molecule has 100 valence electrons. The van der Waals surface area contributed by atoms with Gasteiger partial charge in [-0.2, -0.15) is 0 Å². The highest BCUT2D eigenvalue weighted by atomic mass is 14.8. The summed E-state index contributed by atoms with van der Waals surface area (Å²) >= 11 is 0. The quantitative estimate of drug-likeness (QED) is 0.461. The molecule has 2 aliphatic heterocycles. The summed E-state index contributed by atoms with van der Waals surface area (Å²) in [6.07, 6.45) is 0. The van der Waals surface area contributed by atoms with Gasteiger partial charge in [0.2, 0.25) is 0 Å². The average molecular weight is 271 g/mol.